The van der Waals surface area contributed by atoms with Crippen LogP contribution in [0.3, 0.4) is 0 Å². The first-order valence-electron chi connectivity index (χ1n) is 4.18. The summed E-state index contributed by atoms with van der Waals surface area (Å²) in [6, 6.07) is 2.18. The van der Waals surface area contributed by atoms with E-state index in [4.69, 9.17) is 4.74 Å². The standard InChI is InChI=1S/C9H18O2Si/c1-8(11-9(2)10)6-7-12(3,4)5/h6-8H,1-5H3. The van der Waals surface area contributed by atoms with Gasteiger partial charge in [0.15, 0.2) is 0 Å². The van der Waals surface area contributed by atoms with Crippen LogP contribution in [0.15, 0.2) is 0 Å². The van der Waals surface area contributed by atoms with E-state index in [9.17, 15) is 4.79 Å². The summed E-state index contributed by atoms with van der Waals surface area (Å²) >= 11 is 0. The Morgan fingerprint density at radius 2 is 1.92 bits per heavy atom. The van der Waals surface area contributed by atoms with Crippen LogP contribution in [0.25, 0.3) is 0 Å². The highest BCUT2D eigenvalue weighted by molar-refractivity contribution is 6.79. The van der Waals surface area contributed by atoms with Crippen molar-refractivity contribution in [3.05, 3.63) is 12.5 Å². The van der Waals surface area contributed by atoms with Crippen molar-refractivity contribution in [1.82, 2.24) is 0 Å². The molecule has 2 nitrogen and oxygen atoms in total. The topological polar surface area (TPSA) is 26.3 Å². The lowest BCUT2D eigenvalue weighted by Crippen LogP contribution is -2.25. The molecule has 12 heavy (non-hydrogen) atoms. The third-order valence-electron chi connectivity index (χ3n) is 1.22. The fourth-order valence-electron chi connectivity index (χ4n) is 0.725. The molecule has 0 spiro atoms. The molecular formula is C9H18O2Si. The number of hydrogen-bond acceptors (Lipinski definition) is 2. The van der Waals surface area contributed by atoms with Crippen LogP contribution in [-0.2, 0) is 9.53 Å². The molecule has 0 heterocycles. The van der Waals surface area contributed by atoms with E-state index in [-0.39, 0.29) is 12.1 Å². The minimum atomic E-state index is -1.14. The lowest BCUT2D eigenvalue weighted by atomic mass is 10.3. The highest BCUT2D eigenvalue weighted by atomic mass is 28.3. The second-order valence-electron chi connectivity index (χ2n) is 4.04. The van der Waals surface area contributed by atoms with Crippen LogP contribution in [0.1, 0.15) is 13.8 Å². The highest BCUT2D eigenvalue weighted by Crippen LogP contribution is 2.10. The number of rotatable bonds is 4. The van der Waals surface area contributed by atoms with E-state index in [0.29, 0.717) is 0 Å². The lowest BCUT2D eigenvalue weighted by molar-refractivity contribution is -0.143. The molecule has 0 fully saturated rings. The van der Waals surface area contributed by atoms with Crippen LogP contribution >= 0.6 is 0 Å². The Balaban J connectivity index is 3.57. The number of carbonyl (C=O) groups excluding carboxylic acids is 1. The highest BCUT2D eigenvalue weighted by Gasteiger charge is 2.16. The van der Waals surface area contributed by atoms with Crippen molar-refractivity contribution >= 4 is 14.0 Å². The first-order chi connectivity index (χ1) is 5.31. The first-order valence-corrected chi connectivity index (χ1v) is 7.75. The lowest BCUT2D eigenvalue weighted by Gasteiger charge is -2.18. The number of ether oxygens (including phenoxy) is 1. The van der Waals surface area contributed by atoms with Gasteiger partial charge in [-0.3, -0.25) is 4.79 Å². The summed E-state index contributed by atoms with van der Waals surface area (Å²) in [5, 5.41) is 0. The van der Waals surface area contributed by atoms with Crippen molar-refractivity contribution in [2.24, 2.45) is 0 Å². The Bertz CT molecular complexity index is 149. The average molecular weight is 186 g/mol. The third-order valence-corrected chi connectivity index (χ3v) is 2.41. The van der Waals surface area contributed by atoms with Gasteiger partial charge in [0.05, 0.1) is 0 Å². The summed E-state index contributed by atoms with van der Waals surface area (Å²) in [6.45, 7) is 10.0. The molecule has 0 aliphatic heterocycles. The van der Waals surface area contributed by atoms with E-state index in [1.807, 2.05) is 13.3 Å². The number of esters is 1. The maximum atomic E-state index is 10.5. The van der Waals surface area contributed by atoms with Gasteiger partial charge in [-0.2, -0.15) is 0 Å². The molecule has 0 saturated heterocycles. The minimum Gasteiger partial charge on any atom is -0.463 e. The van der Waals surface area contributed by atoms with Crippen LogP contribution in [0.5, 0.6) is 0 Å². The zero-order valence-electron chi connectivity index (χ0n) is 8.55. The van der Waals surface area contributed by atoms with Gasteiger partial charge in [0, 0.05) is 21.4 Å². The van der Waals surface area contributed by atoms with Crippen LogP contribution in [0.4, 0.5) is 0 Å². The quantitative estimate of drug-likeness (QED) is 0.497. The number of carbonyl (C=O) groups is 1. The van der Waals surface area contributed by atoms with Gasteiger partial charge in [0.1, 0.15) is 6.10 Å². The average Bonchev–Trinajstić information content (AvgIpc) is 1.80. The van der Waals surface area contributed by atoms with E-state index >= 15 is 0 Å². The van der Waals surface area contributed by atoms with E-state index in [2.05, 4.69) is 25.7 Å². The molecule has 70 valence electrons. The van der Waals surface area contributed by atoms with Gasteiger partial charge in [-0.1, -0.05) is 19.6 Å². The summed E-state index contributed by atoms with van der Waals surface area (Å²) in [6.07, 6.45) is 1.88. The van der Waals surface area contributed by atoms with Gasteiger partial charge in [-0.25, -0.2) is 0 Å². The van der Waals surface area contributed by atoms with Crippen molar-refractivity contribution in [2.75, 3.05) is 0 Å². The summed E-state index contributed by atoms with van der Waals surface area (Å²) < 4.78 is 4.94. The van der Waals surface area contributed by atoms with Gasteiger partial charge in [-0.05, 0) is 13.0 Å². The predicted molar refractivity (Wildman–Crippen MR) is 53.2 cm³/mol. The summed E-state index contributed by atoms with van der Waals surface area (Å²) in [4.78, 5) is 10.5. The minimum absolute atomic E-state index is 0.0887. The smallest absolute Gasteiger partial charge is 0.302 e. The van der Waals surface area contributed by atoms with Crippen molar-refractivity contribution in [3.8, 4) is 0 Å². The Labute approximate surface area is 76.3 Å². The molecule has 0 amide bonds. The van der Waals surface area contributed by atoms with Crippen LogP contribution in [-0.4, -0.2) is 20.1 Å². The first kappa shape index (κ1) is 11.7. The Hall–Kier alpha value is -0.313. The second kappa shape index (κ2) is 4.65. The monoisotopic (exact) mass is 186 g/mol. The molecule has 0 rings (SSSR count). The normalized spacial score (nSPS) is 14.1. The van der Waals surface area contributed by atoms with Crippen molar-refractivity contribution in [1.29, 1.82) is 0 Å². The molecule has 1 atom stereocenters. The van der Waals surface area contributed by atoms with Crippen molar-refractivity contribution < 1.29 is 9.53 Å². The van der Waals surface area contributed by atoms with E-state index < -0.39 is 8.07 Å². The Kier molecular flexibility index (Phi) is 4.53. The molecule has 3 heteroatoms. The SMILES string of the molecule is CC(=O)OC(C)[CH][CH][Si](C)(C)C. The van der Waals surface area contributed by atoms with Gasteiger partial charge < -0.3 is 4.74 Å². The molecule has 0 aliphatic rings. The second-order valence-corrected chi connectivity index (χ2v) is 9.11. The fraction of sp³-hybridized carbons (Fsp3) is 0.667. The summed E-state index contributed by atoms with van der Waals surface area (Å²) in [5.41, 5.74) is 0. The molecule has 0 saturated carbocycles. The van der Waals surface area contributed by atoms with Crippen LogP contribution in [0.2, 0.25) is 19.6 Å². The molecule has 1 unspecified atom stereocenters. The van der Waals surface area contributed by atoms with Gasteiger partial charge in [-0.15, -0.1) is 0 Å². The molecule has 2 radical (unpaired) electrons. The predicted octanol–water partition coefficient (Wildman–Crippen LogP) is 2.22. The molecule has 0 bridgehead atoms. The molecule has 0 aliphatic carbocycles. The Morgan fingerprint density at radius 3 is 2.25 bits per heavy atom. The Morgan fingerprint density at radius 1 is 1.42 bits per heavy atom. The largest absolute Gasteiger partial charge is 0.463 e. The summed E-state index contributed by atoms with van der Waals surface area (Å²) in [5.74, 6) is -0.220. The maximum Gasteiger partial charge on any atom is 0.302 e. The molecule has 0 aromatic heterocycles. The maximum absolute atomic E-state index is 10.5. The molecule has 0 aromatic rings. The number of hydrogen-bond donors (Lipinski definition) is 0. The van der Waals surface area contributed by atoms with E-state index in [1.165, 1.54) is 6.92 Å². The third kappa shape index (κ3) is 7.79. The van der Waals surface area contributed by atoms with Gasteiger partial charge >= 0.3 is 5.97 Å². The zero-order chi connectivity index (χ0) is 9.78. The van der Waals surface area contributed by atoms with E-state index in [1.54, 1.807) is 0 Å². The fourth-order valence-corrected chi connectivity index (χ4v) is 1.57. The summed E-state index contributed by atoms with van der Waals surface area (Å²) in [7, 11) is -1.14. The van der Waals surface area contributed by atoms with Crippen molar-refractivity contribution in [3.63, 3.8) is 0 Å². The zero-order valence-corrected chi connectivity index (χ0v) is 9.55. The van der Waals surface area contributed by atoms with Crippen LogP contribution < -0.4 is 0 Å². The van der Waals surface area contributed by atoms with Crippen molar-refractivity contribution in [2.45, 2.75) is 39.6 Å². The van der Waals surface area contributed by atoms with Gasteiger partial charge in [0.25, 0.3) is 0 Å². The van der Waals surface area contributed by atoms with E-state index in [0.717, 1.165) is 0 Å². The van der Waals surface area contributed by atoms with Gasteiger partial charge in [0.2, 0.25) is 0 Å². The van der Waals surface area contributed by atoms with Crippen LogP contribution in [0, 0.1) is 12.5 Å². The molecular weight excluding hydrogens is 168 g/mol. The molecule has 0 aromatic carbocycles. The molecule has 0 N–H and O–H groups in total.